The van der Waals surface area contributed by atoms with E-state index >= 15 is 0 Å². The summed E-state index contributed by atoms with van der Waals surface area (Å²) < 4.78 is 38.0. The summed E-state index contributed by atoms with van der Waals surface area (Å²) in [5.41, 5.74) is 3.00. The number of sulfone groups is 1. The molecule has 0 amide bonds. The average molecular weight is 450 g/mol. The lowest BCUT2D eigenvalue weighted by atomic mass is 9.68. The third-order valence-corrected chi connectivity index (χ3v) is 8.69. The molecule has 2 aromatic rings. The van der Waals surface area contributed by atoms with Crippen LogP contribution in [0.15, 0.2) is 70.5 Å². The minimum absolute atomic E-state index is 0.158. The minimum atomic E-state index is -3.42. The molecule has 5 rings (SSSR count). The quantitative estimate of drug-likeness (QED) is 0.428. The zero-order chi connectivity index (χ0) is 23.3. The molecule has 2 aromatic carbocycles. The lowest BCUT2D eigenvalue weighted by molar-refractivity contribution is 0.00578. The summed E-state index contributed by atoms with van der Waals surface area (Å²) in [5, 5.41) is 0. The molecule has 6 heteroatoms. The molecule has 168 valence electrons. The largest absolute Gasteiger partial charge is 0.465 e. The Bertz CT molecular complexity index is 1190. The molecule has 0 spiro atoms. The Morgan fingerprint density at radius 3 is 2.16 bits per heavy atom. The number of benzene rings is 2. The van der Waals surface area contributed by atoms with E-state index in [1.165, 1.54) is 0 Å². The van der Waals surface area contributed by atoms with Gasteiger partial charge in [-0.15, -0.1) is 0 Å². The van der Waals surface area contributed by atoms with E-state index in [4.69, 9.17) is 9.31 Å². The van der Waals surface area contributed by atoms with Crippen molar-refractivity contribution in [1.82, 2.24) is 0 Å². The number of rotatable bonds is 2. The van der Waals surface area contributed by atoms with E-state index < -0.39 is 9.84 Å². The van der Waals surface area contributed by atoms with Crippen molar-refractivity contribution in [2.24, 2.45) is 0 Å². The fraction of sp³-hybridized carbons (Fsp3) is 0.385. The maximum Gasteiger partial charge on any atom is 0.465 e. The Balaban J connectivity index is 0.00000119. The van der Waals surface area contributed by atoms with Crippen LogP contribution >= 0.6 is 0 Å². The predicted octanol–water partition coefficient (Wildman–Crippen LogP) is 6.33. The first-order valence-corrected chi connectivity index (χ1v) is 12.8. The van der Waals surface area contributed by atoms with Gasteiger partial charge in [-0.2, -0.15) is 0 Å². The lowest BCUT2D eigenvalue weighted by Crippen LogP contribution is -2.41. The topological polar surface area (TPSA) is 52.6 Å². The van der Waals surface area contributed by atoms with Crippen LogP contribution in [0, 0.1) is 0 Å². The molecule has 1 saturated heterocycles. The van der Waals surface area contributed by atoms with Crippen molar-refractivity contribution < 1.29 is 17.7 Å². The first-order valence-electron chi connectivity index (χ1n) is 11.3. The van der Waals surface area contributed by atoms with Crippen LogP contribution in [0.1, 0.15) is 53.5 Å². The molecule has 0 aromatic heterocycles. The van der Waals surface area contributed by atoms with Crippen molar-refractivity contribution in [2.75, 3.05) is 0 Å². The number of allylic oxidation sites excluding steroid dienone is 4. The molecule has 0 radical (unpaired) electrons. The fourth-order valence-electron chi connectivity index (χ4n) is 4.31. The van der Waals surface area contributed by atoms with Gasteiger partial charge in [0.15, 0.2) is 0 Å². The molecule has 0 N–H and O–H groups in total. The number of hydrogen-bond donors (Lipinski definition) is 0. The summed E-state index contributed by atoms with van der Waals surface area (Å²) in [7, 11) is -3.69. The maximum atomic E-state index is 12.8. The highest BCUT2D eigenvalue weighted by Crippen LogP contribution is 2.45. The molecule has 0 saturated carbocycles. The summed E-state index contributed by atoms with van der Waals surface area (Å²) in [5.74, 6) is 0.158. The van der Waals surface area contributed by atoms with Crippen LogP contribution in [0.4, 0.5) is 0 Å². The molecule has 1 aliphatic carbocycles. The van der Waals surface area contributed by atoms with Crippen LogP contribution in [0.5, 0.6) is 0 Å². The normalized spacial score (nSPS) is 23.6. The summed E-state index contributed by atoms with van der Waals surface area (Å²) in [6.07, 6.45) is 7.24. The van der Waals surface area contributed by atoms with Gasteiger partial charge in [0, 0.05) is 16.9 Å². The second kappa shape index (κ2) is 8.01. The van der Waals surface area contributed by atoms with Gasteiger partial charge in [0.25, 0.3) is 0 Å². The van der Waals surface area contributed by atoms with E-state index in [9.17, 15) is 8.42 Å². The second-order valence-corrected chi connectivity index (χ2v) is 11.1. The van der Waals surface area contributed by atoms with Crippen LogP contribution in [0.2, 0.25) is 5.82 Å². The molecule has 4 nitrogen and oxygen atoms in total. The van der Waals surface area contributed by atoms with E-state index in [1.54, 1.807) is 18.2 Å². The van der Waals surface area contributed by atoms with Crippen molar-refractivity contribution in [3.63, 3.8) is 0 Å². The smallest absolute Gasteiger partial charge is 0.403 e. The first-order chi connectivity index (χ1) is 15.1. The monoisotopic (exact) mass is 450 g/mol. The van der Waals surface area contributed by atoms with Gasteiger partial charge in [0.05, 0.1) is 21.0 Å². The Kier molecular flexibility index (Phi) is 5.77. The number of fused-ring (bicyclic) bond motifs is 3. The molecular formula is C26H31BO4S. The van der Waals surface area contributed by atoms with Crippen LogP contribution in [-0.2, 0) is 19.1 Å². The highest BCUT2D eigenvalue weighted by Gasteiger charge is 2.53. The van der Waals surface area contributed by atoms with Crippen molar-refractivity contribution in [2.45, 2.75) is 74.8 Å². The Labute approximate surface area is 192 Å². The highest BCUT2D eigenvalue weighted by atomic mass is 32.2. The van der Waals surface area contributed by atoms with Gasteiger partial charge in [-0.3, -0.25) is 0 Å². The van der Waals surface area contributed by atoms with Crippen LogP contribution < -0.4 is 0 Å². The van der Waals surface area contributed by atoms with Gasteiger partial charge in [-0.05, 0) is 63.5 Å². The van der Waals surface area contributed by atoms with Crippen molar-refractivity contribution in [3.8, 4) is 11.1 Å². The van der Waals surface area contributed by atoms with Crippen LogP contribution in [0.3, 0.4) is 0 Å². The third-order valence-electron chi connectivity index (χ3n) is 6.82. The van der Waals surface area contributed by atoms with Gasteiger partial charge in [-0.1, -0.05) is 56.3 Å². The third kappa shape index (κ3) is 3.59. The van der Waals surface area contributed by atoms with Crippen LogP contribution in [-0.4, -0.2) is 26.7 Å². The highest BCUT2D eigenvalue weighted by molar-refractivity contribution is 7.92. The fourth-order valence-corrected chi connectivity index (χ4v) is 5.98. The van der Waals surface area contributed by atoms with Gasteiger partial charge >= 0.3 is 7.12 Å². The summed E-state index contributed by atoms with van der Waals surface area (Å²) in [4.78, 5) is 0.786. The Morgan fingerprint density at radius 1 is 0.906 bits per heavy atom. The first kappa shape index (κ1) is 23.0. The molecule has 1 atom stereocenters. The van der Waals surface area contributed by atoms with Crippen molar-refractivity contribution in [1.29, 1.82) is 0 Å². The number of hydrogen-bond acceptors (Lipinski definition) is 4. The zero-order valence-corrected chi connectivity index (χ0v) is 20.5. The molecule has 2 aliphatic heterocycles. The Hall–Kier alpha value is -2.15. The van der Waals surface area contributed by atoms with Gasteiger partial charge < -0.3 is 9.31 Å². The zero-order valence-electron chi connectivity index (χ0n) is 19.7. The van der Waals surface area contributed by atoms with E-state index in [0.717, 1.165) is 28.7 Å². The van der Waals surface area contributed by atoms with Crippen molar-refractivity contribution >= 4 is 22.5 Å². The second-order valence-electron chi connectivity index (χ2n) is 9.25. The van der Waals surface area contributed by atoms with E-state index in [1.807, 2.05) is 38.1 Å². The summed E-state index contributed by atoms with van der Waals surface area (Å²) in [6.45, 7) is 12.3. The maximum absolute atomic E-state index is 12.8. The minimum Gasteiger partial charge on any atom is -0.403 e. The molecule has 0 bridgehead atoms. The molecule has 3 aliphatic rings. The van der Waals surface area contributed by atoms with E-state index in [0.29, 0.717) is 9.79 Å². The van der Waals surface area contributed by atoms with E-state index in [-0.39, 0.29) is 24.1 Å². The van der Waals surface area contributed by atoms with Crippen molar-refractivity contribution in [3.05, 3.63) is 66.3 Å². The molecular weight excluding hydrogens is 419 g/mol. The lowest BCUT2D eigenvalue weighted by Gasteiger charge is -2.32. The van der Waals surface area contributed by atoms with Gasteiger partial charge in [0.1, 0.15) is 0 Å². The average Bonchev–Trinajstić information content (AvgIpc) is 3.15. The van der Waals surface area contributed by atoms with Gasteiger partial charge in [0.2, 0.25) is 9.84 Å². The molecule has 2 heterocycles. The summed E-state index contributed by atoms with van der Waals surface area (Å²) >= 11 is 0. The SMILES string of the molecule is CC.CC1(C)OB(C2C=CC(c3ccc4c(c3)-c3ccccc3S4(=O)=O)=CC2)OC1(C)C. The summed E-state index contributed by atoms with van der Waals surface area (Å²) in [6, 6.07) is 12.8. The Morgan fingerprint density at radius 2 is 1.53 bits per heavy atom. The van der Waals surface area contributed by atoms with E-state index in [2.05, 4.69) is 45.9 Å². The molecule has 1 fully saturated rings. The van der Waals surface area contributed by atoms with Gasteiger partial charge in [-0.25, -0.2) is 8.42 Å². The standard InChI is InChI=1S/C24H25BO4S.C2H6/c1-23(2)24(3,4)29-25(28-23)18-12-9-16(10-13-18)17-11-14-22-20(15-17)19-7-5-6-8-21(19)30(22,26)27;1-2/h5-12,14-15,18H,13H2,1-4H3;1-2H3. The predicted molar refractivity (Wildman–Crippen MR) is 130 cm³/mol. The molecule has 32 heavy (non-hydrogen) atoms. The van der Waals surface area contributed by atoms with Crippen LogP contribution in [0.25, 0.3) is 16.7 Å². The molecule has 1 unspecified atom stereocenters.